The molecular weight excluding hydrogens is 438 g/mol. The average molecular weight is 478 g/mol. The molecule has 6 heteroatoms. The van der Waals surface area contributed by atoms with Crippen LogP contribution in [-0.4, -0.2) is 34.0 Å². The third kappa shape index (κ3) is 7.10. The van der Waals surface area contributed by atoms with E-state index in [1.807, 2.05) is 79.7 Å². The maximum Gasteiger partial charge on any atom is 0.415 e. The van der Waals surface area contributed by atoms with E-state index in [4.69, 9.17) is 9.72 Å². The zero-order valence-electron chi connectivity index (χ0n) is 22.7. The van der Waals surface area contributed by atoms with E-state index in [0.717, 1.165) is 45.2 Å². The number of anilines is 1. The number of allylic oxidation sites excluding steroid dienone is 6. The van der Waals surface area contributed by atoms with E-state index in [1.54, 1.807) is 12.4 Å². The number of fused-ring (bicyclic) bond motifs is 1. The fourth-order valence-corrected chi connectivity index (χ4v) is 3.72. The van der Waals surface area contributed by atoms with Crippen LogP contribution in [0.15, 0.2) is 53.4 Å². The molecular formula is C29H39N3O3. The molecule has 0 aliphatic rings. The van der Waals surface area contributed by atoms with E-state index >= 15 is 0 Å². The first kappa shape index (κ1) is 28.0. The SMILES string of the molecule is C\C=C(/C(C)=C\C(C(=O)CC)=C(/C)CC)c1cc2cnc(N(CC)C(=O)OC(C)(C)C)cc2cn1. The van der Waals surface area contributed by atoms with Crippen LogP contribution >= 0.6 is 0 Å². The minimum Gasteiger partial charge on any atom is -0.443 e. The number of pyridine rings is 2. The molecule has 0 aromatic carbocycles. The Balaban J connectivity index is 2.45. The number of Topliss-reactive ketones (excluding diaryl/α,β-unsaturated/α-hetero) is 1. The number of nitrogens with zero attached hydrogens (tertiary/aromatic N) is 3. The Kier molecular flexibility index (Phi) is 9.52. The van der Waals surface area contributed by atoms with E-state index in [9.17, 15) is 9.59 Å². The first-order chi connectivity index (χ1) is 16.4. The third-order valence-electron chi connectivity index (χ3n) is 5.76. The summed E-state index contributed by atoms with van der Waals surface area (Å²) in [5.74, 6) is 0.668. The molecule has 0 N–H and O–H groups in total. The van der Waals surface area contributed by atoms with Crippen molar-refractivity contribution in [3.63, 3.8) is 0 Å². The van der Waals surface area contributed by atoms with Crippen LogP contribution in [0.5, 0.6) is 0 Å². The number of carbonyl (C=O) groups excluding carboxylic acids is 2. The Labute approximate surface area is 209 Å². The minimum atomic E-state index is -0.585. The maximum atomic E-state index is 12.6. The van der Waals surface area contributed by atoms with Gasteiger partial charge < -0.3 is 4.74 Å². The van der Waals surface area contributed by atoms with E-state index in [2.05, 4.69) is 11.9 Å². The second kappa shape index (κ2) is 11.9. The Morgan fingerprint density at radius 3 is 2.17 bits per heavy atom. The predicted octanol–water partition coefficient (Wildman–Crippen LogP) is 7.45. The lowest BCUT2D eigenvalue weighted by molar-refractivity contribution is -0.115. The van der Waals surface area contributed by atoms with Gasteiger partial charge in [0, 0.05) is 41.7 Å². The van der Waals surface area contributed by atoms with E-state index in [1.165, 1.54) is 4.90 Å². The summed E-state index contributed by atoms with van der Waals surface area (Å²) in [5, 5.41) is 1.79. The third-order valence-corrected chi connectivity index (χ3v) is 5.76. The monoisotopic (exact) mass is 477 g/mol. The second-order valence-corrected chi connectivity index (χ2v) is 9.54. The lowest BCUT2D eigenvalue weighted by Crippen LogP contribution is -2.37. The van der Waals surface area contributed by atoms with Gasteiger partial charge in [-0.25, -0.2) is 9.78 Å². The van der Waals surface area contributed by atoms with Crippen molar-refractivity contribution in [3.05, 3.63) is 59.1 Å². The molecule has 2 aromatic heterocycles. The lowest BCUT2D eigenvalue weighted by atomic mass is 9.95. The summed E-state index contributed by atoms with van der Waals surface area (Å²) in [6.45, 7) is 17.8. The van der Waals surface area contributed by atoms with E-state index < -0.39 is 11.7 Å². The maximum absolute atomic E-state index is 12.6. The van der Waals surface area contributed by atoms with E-state index in [-0.39, 0.29) is 5.78 Å². The Morgan fingerprint density at radius 1 is 1.00 bits per heavy atom. The van der Waals surface area contributed by atoms with Crippen LogP contribution in [0.2, 0.25) is 0 Å². The van der Waals surface area contributed by atoms with Gasteiger partial charge in [-0.3, -0.25) is 14.7 Å². The van der Waals surface area contributed by atoms with E-state index in [0.29, 0.717) is 18.8 Å². The zero-order chi connectivity index (χ0) is 26.3. The number of ether oxygens (including phenoxy) is 1. The van der Waals surface area contributed by atoms with Crippen LogP contribution in [0, 0.1) is 0 Å². The summed E-state index contributed by atoms with van der Waals surface area (Å²) in [6, 6.07) is 3.84. The van der Waals surface area contributed by atoms with Gasteiger partial charge >= 0.3 is 6.09 Å². The predicted molar refractivity (Wildman–Crippen MR) is 144 cm³/mol. The summed E-state index contributed by atoms with van der Waals surface area (Å²) in [5.41, 5.74) is 4.03. The van der Waals surface area contributed by atoms with Crippen molar-refractivity contribution in [2.45, 2.75) is 80.8 Å². The van der Waals surface area contributed by atoms with Gasteiger partial charge in [-0.15, -0.1) is 0 Å². The molecule has 2 aromatic rings. The molecule has 0 radical (unpaired) electrons. The van der Waals surface area contributed by atoms with Gasteiger partial charge in [-0.05, 0) is 84.2 Å². The zero-order valence-corrected chi connectivity index (χ0v) is 22.7. The number of rotatable bonds is 8. The van der Waals surface area contributed by atoms with Crippen LogP contribution in [0.25, 0.3) is 16.3 Å². The number of amides is 1. The number of carbonyl (C=O) groups is 2. The summed E-state index contributed by atoms with van der Waals surface area (Å²) >= 11 is 0. The number of hydrogen-bond donors (Lipinski definition) is 0. The van der Waals surface area contributed by atoms with Crippen LogP contribution in [-0.2, 0) is 9.53 Å². The number of hydrogen-bond acceptors (Lipinski definition) is 5. The molecule has 0 atom stereocenters. The fraction of sp³-hybridized carbons (Fsp3) is 0.448. The summed E-state index contributed by atoms with van der Waals surface area (Å²) < 4.78 is 5.52. The molecule has 2 rings (SSSR count). The summed E-state index contributed by atoms with van der Waals surface area (Å²) in [7, 11) is 0. The van der Waals surface area contributed by atoms with Crippen molar-refractivity contribution in [1.29, 1.82) is 0 Å². The molecule has 0 spiro atoms. The molecule has 188 valence electrons. The van der Waals surface area contributed by atoms with Gasteiger partial charge in [-0.1, -0.05) is 25.5 Å². The largest absolute Gasteiger partial charge is 0.443 e. The fourth-order valence-electron chi connectivity index (χ4n) is 3.72. The summed E-state index contributed by atoms with van der Waals surface area (Å²) in [6.07, 6.45) is 8.41. The molecule has 0 fully saturated rings. The molecule has 1 amide bonds. The highest BCUT2D eigenvalue weighted by atomic mass is 16.6. The molecule has 0 unspecified atom stereocenters. The molecule has 0 aliphatic carbocycles. The Hall–Kier alpha value is -3.28. The number of ketones is 1. The van der Waals surface area contributed by atoms with Crippen molar-refractivity contribution >= 4 is 34.0 Å². The van der Waals surface area contributed by atoms with Crippen molar-refractivity contribution in [2.24, 2.45) is 0 Å². The smallest absolute Gasteiger partial charge is 0.415 e. The van der Waals surface area contributed by atoms with Crippen LogP contribution in [0.1, 0.15) is 80.8 Å². The molecule has 2 heterocycles. The molecule has 0 saturated carbocycles. The summed E-state index contributed by atoms with van der Waals surface area (Å²) in [4.78, 5) is 35.9. The van der Waals surface area contributed by atoms with Crippen molar-refractivity contribution < 1.29 is 14.3 Å². The molecule has 0 bridgehead atoms. The first-order valence-corrected chi connectivity index (χ1v) is 12.3. The Bertz CT molecular complexity index is 1180. The van der Waals surface area contributed by atoms with Crippen molar-refractivity contribution in [3.8, 4) is 0 Å². The normalized spacial score (nSPS) is 13.5. The molecule has 35 heavy (non-hydrogen) atoms. The Morgan fingerprint density at radius 2 is 1.63 bits per heavy atom. The van der Waals surface area contributed by atoms with Gasteiger partial charge in [0.15, 0.2) is 5.78 Å². The highest BCUT2D eigenvalue weighted by Gasteiger charge is 2.23. The topological polar surface area (TPSA) is 72.4 Å². The molecule has 6 nitrogen and oxygen atoms in total. The molecule has 0 aliphatic heterocycles. The standard InChI is InChI=1S/C29H39N3O3/c1-10-19(5)24(26(33)12-3)14-20(6)23(11-2)25-15-21-18-31-27(16-22(21)17-30-25)32(13-4)28(34)35-29(7,8)9/h11,14-18H,10,12-13H2,1-9H3/b20-14-,23-11+,24-19-. The van der Waals surface area contributed by atoms with Gasteiger partial charge in [0.1, 0.15) is 11.4 Å². The second-order valence-electron chi connectivity index (χ2n) is 9.54. The minimum absolute atomic E-state index is 0.146. The first-order valence-electron chi connectivity index (χ1n) is 12.3. The van der Waals surface area contributed by atoms with Gasteiger partial charge in [0.05, 0.1) is 5.69 Å². The quantitative estimate of drug-likeness (QED) is 0.292. The van der Waals surface area contributed by atoms with Crippen molar-refractivity contribution in [1.82, 2.24) is 9.97 Å². The highest BCUT2D eigenvalue weighted by Crippen LogP contribution is 2.28. The van der Waals surface area contributed by atoms with Crippen LogP contribution in [0.4, 0.5) is 10.6 Å². The molecule has 0 saturated heterocycles. The lowest BCUT2D eigenvalue weighted by Gasteiger charge is -2.26. The van der Waals surface area contributed by atoms with Gasteiger partial charge in [0.2, 0.25) is 0 Å². The van der Waals surface area contributed by atoms with Crippen molar-refractivity contribution in [2.75, 3.05) is 11.4 Å². The van der Waals surface area contributed by atoms with Gasteiger partial charge in [-0.2, -0.15) is 0 Å². The van der Waals surface area contributed by atoms with Crippen LogP contribution < -0.4 is 4.90 Å². The van der Waals surface area contributed by atoms with Gasteiger partial charge in [0.25, 0.3) is 0 Å². The average Bonchev–Trinajstić information content (AvgIpc) is 2.81. The highest BCUT2D eigenvalue weighted by molar-refractivity contribution is 5.99. The van der Waals surface area contributed by atoms with Crippen LogP contribution in [0.3, 0.4) is 0 Å². The number of aromatic nitrogens is 2.